The van der Waals surface area contributed by atoms with Crippen molar-refractivity contribution < 1.29 is 0 Å². The van der Waals surface area contributed by atoms with Crippen LogP contribution in [-0.2, 0) is 0 Å². The quantitative estimate of drug-likeness (QED) is 0.695. The van der Waals surface area contributed by atoms with Gasteiger partial charge in [0.05, 0.1) is 0 Å². The first-order valence-corrected chi connectivity index (χ1v) is 7.25. The van der Waals surface area contributed by atoms with E-state index in [1.807, 2.05) is 0 Å². The molecule has 0 aromatic carbocycles. The van der Waals surface area contributed by atoms with E-state index in [1.54, 1.807) is 5.57 Å². The van der Waals surface area contributed by atoms with Crippen molar-refractivity contribution in [2.24, 2.45) is 5.92 Å². The van der Waals surface area contributed by atoms with E-state index in [0.29, 0.717) is 6.04 Å². The van der Waals surface area contributed by atoms with Gasteiger partial charge in [-0.2, -0.15) is 0 Å². The van der Waals surface area contributed by atoms with Gasteiger partial charge in [-0.1, -0.05) is 11.6 Å². The number of piperidine rings is 1. The van der Waals surface area contributed by atoms with Crippen LogP contribution in [0.15, 0.2) is 11.6 Å². The molecule has 2 aliphatic heterocycles. The van der Waals surface area contributed by atoms with Gasteiger partial charge in [-0.25, -0.2) is 0 Å². The van der Waals surface area contributed by atoms with Gasteiger partial charge >= 0.3 is 0 Å². The van der Waals surface area contributed by atoms with Crippen LogP contribution in [0.3, 0.4) is 0 Å². The van der Waals surface area contributed by atoms with Crippen molar-refractivity contribution in [2.75, 3.05) is 33.2 Å². The van der Waals surface area contributed by atoms with Gasteiger partial charge in [0.2, 0.25) is 0 Å². The van der Waals surface area contributed by atoms with Crippen LogP contribution >= 0.6 is 0 Å². The number of nitrogens with zero attached hydrogens (tertiary/aromatic N) is 2. The van der Waals surface area contributed by atoms with E-state index in [9.17, 15) is 0 Å². The van der Waals surface area contributed by atoms with Crippen molar-refractivity contribution in [3.8, 4) is 0 Å². The fraction of sp³-hybridized carbons (Fsp3) is 0.867. The predicted octanol–water partition coefficient (Wildman–Crippen LogP) is 2.76. The molecule has 0 aromatic rings. The summed E-state index contributed by atoms with van der Waals surface area (Å²) in [4.78, 5) is 5.03. The molecular formula is C15H28N2. The lowest BCUT2D eigenvalue weighted by Crippen LogP contribution is -2.35. The molecule has 1 fully saturated rings. The molecule has 0 aliphatic carbocycles. The Hall–Kier alpha value is -0.340. The molecule has 2 nitrogen and oxygen atoms in total. The van der Waals surface area contributed by atoms with E-state index in [0.717, 1.165) is 5.92 Å². The normalized spacial score (nSPS) is 25.3. The van der Waals surface area contributed by atoms with Crippen molar-refractivity contribution in [2.45, 2.75) is 45.6 Å². The van der Waals surface area contributed by atoms with E-state index < -0.39 is 0 Å². The Morgan fingerprint density at radius 1 is 1.24 bits per heavy atom. The van der Waals surface area contributed by atoms with Gasteiger partial charge in [-0.05, 0) is 65.6 Å². The Morgan fingerprint density at radius 3 is 2.47 bits per heavy atom. The Bertz CT molecular complexity index is 262. The molecular weight excluding hydrogens is 208 g/mol. The molecule has 0 N–H and O–H groups in total. The molecule has 0 amide bonds. The first-order valence-electron chi connectivity index (χ1n) is 7.25. The molecule has 0 bridgehead atoms. The van der Waals surface area contributed by atoms with E-state index in [2.05, 4.69) is 36.8 Å². The summed E-state index contributed by atoms with van der Waals surface area (Å²) in [5.41, 5.74) is 1.73. The standard InChI is InChI=1S/C15H28N2/c1-13(2)17-10-6-15(7-11-17)12-14-4-8-16(3)9-5-14/h6,13-14H,4-5,7-12H2,1-3H3. The van der Waals surface area contributed by atoms with Gasteiger partial charge in [0.15, 0.2) is 0 Å². The highest BCUT2D eigenvalue weighted by atomic mass is 15.1. The van der Waals surface area contributed by atoms with Crippen LogP contribution in [-0.4, -0.2) is 49.1 Å². The lowest BCUT2D eigenvalue weighted by molar-refractivity contribution is 0.210. The maximum atomic E-state index is 2.57. The number of hydrogen-bond donors (Lipinski definition) is 0. The molecule has 98 valence electrons. The van der Waals surface area contributed by atoms with Crippen LogP contribution in [0.1, 0.15) is 39.5 Å². The molecule has 1 saturated heterocycles. The summed E-state index contributed by atoms with van der Waals surface area (Å²) in [5.74, 6) is 0.961. The van der Waals surface area contributed by atoms with Crippen molar-refractivity contribution in [3.63, 3.8) is 0 Å². The molecule has 2 heterocycles. The van der Waals surface area contributed by atoms with E-state index in [-0.39, 0.29) is 0 Å². The zero-order chi connectivity index (χ0) is 12.3. The average molecular weight is 236 g/mol. The second-order valence-electron chi connectivity index (χ2n) is 6.15. The summed E-state index contributed by atoms with van der Waals surface area (Å²) in [7, 11) is 2.25. The summed E-state index contributed by atoms with van der Waals surface area (Å²) in [6.07, 6.45) is 8.00. The minimum atomic E-state index is 0.705. The van der Waals surface area contributed by atoms with Crippen LogP contribution in [0.25, 0.3) is 0 Å². The second-order valence-corrected chi connectivity index (χ2v) is 6.15. The van der Waals surface area contributed by atoms with Gasteiger partial charge in [0.25, 0.3) is 0 Å². The Labute approximate surface area is 107 Å². The number of rotatable bonds is 3. The zero-order valence-corrected chi connectivity index (χ0v) is 11.8. The van der Waals surface area contributed by atoms with E-state index in [4.69, 9.17) is 0 Å². The molecule has 2 aliphatic rings. The minimum Gasteiger partial charge on any atom is -0.306 e. The van der Waals surface area contributed by atoms with Crippen molar-refractivity contribution in [1.82, 2.24) is 9.80 Å². The lowest BCUT2D eigenvalue weighted by Gasteiger charge is -2.33. The van der Waals surface area contributed by atoms with Crippen LogP contribution in [0, 0.1) is 5.92 Å². The third-order valence-electron chi connectivity index (χ3n) is 4.45. The van der Waals surface area contributed by atoms with Gasteiger partial charge < -0.3 is 4.90 Å². The smallest absolute Gasteiger partial charge is 0.0168 e. The van der Waals surface area contributed by atoms with E-state index in [1.165, 1.54) is 51.9 Å². The molecule has 0 spiro atoms. The summed E-state index contributed by atoms with van der Waals surface area (Å²) < 4.78 is 0. The molecule has 0 atom stereocenters. The van der Waals surface area contributed by atoms with Gasteiger partial charge in [0.1, 0.15) is 0 Å². The fourth-order valence-electron chi connectivity index (χ4n) is 3.02. The van der Waals surface area contributed by atoms with Crippen molar-refractivity contribution in [3.05, 3.63) is 11.6 Å². The van der Waals surface area contributed by atoms with Gasteiger partial charge in [-0.15, -0.1) is 0 Å². The zero-order valence-electron chi connectivity index (χ0n) is 11.8. The topological polar surface area (TPSA) is 6.48 Å². The fourth-order valence-corrected chi connectivity index (χ4v) is 3.02. The number of hydrogen-bond acceptors (Lipinski definition) is 2. The molecule has 2 heteroatoms. The molecule has 0 radical (unpaired) electrons. The molecule has 17 heavy (non-hydrogen) atoms. The van der Waals surface area contributed by atoms with Gasteiger partial charge in [-0.3, -0.25) is 4.90 Å². The summed E-state index contributed by atoms with van der Waals surface area (Å²) in [6, 6.07) is 0.705. The summed E-state index contributed by atoms with van der Waals surface area (Å²) in [6.45, 7) is 9.66. The Morgan fingerprint density at radius 2 is 1.94 bits per heavy atom. The van der Waals surface area contributed by atoms with Crippen LogP contribution in [0.4, 0.5) is 0 Å². The van der Waals surface area contributed by atoms with Gasteiger partial charge in [0, 0.05) is 19.1 Å². The maximum Gasteiger partial charge on any atom is 0.0168 e. The van der Waals surface area contributed by atoms with Crippen LogP contribution < -0.4 is 0 Å². The second kappa shape index (κ2) is 6.01. The summed E-state index contributed by atoms with van der Waals surface area (Å²) >= 11 is 0. The maximum absolute atomic E-state index is 2.57. The minimum absolute atomic E-state index is 0.705. The predicted molar refractivity (Wildman–Crippen MR) is 74.2 cm³/mol. The molecule has 0 aromatic heterocycles. The summed E-state index contributed by atoms with van der Waals surface area (Å²) in [5, 5.41) is 0. The first kappa shape index (κ1) is 13.1. The molecule has 2 rings (SSSR count). The van der Waals surface area contributed by atoms with Crippen molar-refractivity contribution in [1.29, 1.82) is 0 Å². The first-order chi connectivity index (χ1) is 8.15. The third kappa shape index (κ3) is 3.82. The Balaban J connectivity index is 1.77. The largest absolute Gasteiger partial charge is 0.306 e. The lowest BCUT2D eigenvalue weighted by atomic mass is 9.88. The monoisotopic (exact) mass is 236 g/mol. The highest BCUT2D eigenvalue weighted by Crippen LogP contribution is 2.26. The van der Waals surface area contributed by atoms with Crippen LogP contribution in [0.5, 0.6) is 0 Å². The number of likely N-dealkylation sites (tertiary alicyclic amines) is 1. The third-order valence-corrected chi connectivity index (χ3v) is 4.45. The van der Waals surface area contributed by atoms with Crippen molar-refractivity contribution >= 4 is 0 Å². The SMILES string of the molecule is CC(C)N1CC=C(CC2CCN(C)CC2)CC1. The highest BCUT2D eigenvalue weighted by Gasteiger charge is 2.20. The Kier molecular flexibility index (Phi) is 4.63. The highest BCUT2D eigenvalue weighted by molar-refractivity contribution is 5.08. The average Bonchev–Trinajstić information content (AvgIpc) is 2.33. The molecule has 0 saturated carbocycles. The molecule has 0 unspecified atom stereocenters. The van der Waals surface area contributed by atoms with E-state index >= 15 is 0 Å². The van der Waals surface area contributed by atoms with Crippen LogP contribution in [0.2, 0.25) is 0 Å².